The Hall–Kier alpha value is -3.46. The largest absolute Gasteiger partial charge is 0.480 e. The van der Waals surface area contributed by atoms with E-state index in [0.29, 0.717) is 12.8 Å². The molecule has 9 heteroatoms. The number of carbonyl (C=O) groups is 4. The highest BCUT2D eigenvalue weighted by Crippen LogP contribution is 2.18. The van der Waals surface area contributed by atoms with Crippen molar-refractivity contribution in [1.29, 1.82) is 0 Å². The number of nitrogens with one attached hydrogen (secondary N) is 2. The van der Waals surface area contributed by atoms with Crippen molar-refractivity contribution >= 4 is 23.8 Å². The Kier molecular flexibility index (Phi) is 37.7. The number of hydrogen-bond donors (Lipinski definition) is 4. The highest BCUT2D eigenvalue weighted by Gasteiger charge is 2.19. The van der Waals surface area contributed by atoms with Crippen LogP contribution >= 0.6 is 0 Å². The lowest BCUT2D eigenvalue weighted by atomic mass is 10.0. The molecule has 0 rings (SSSR count). The maximum absolute atomic E-state index is 12.8. The van der Waals surface area contributed by atoms with Crippen LogP contribution in [-0.4, -0.2) is 59.3 Å². The molecule has 2 atom stereocenters. The van der Waals surface area contributed by atoms with Gasteiger partial charge in [0.25, 0.3) is 0 Å². The Balaban J connectivity index is 4.45. The lowest BCUT2D eigenvalue weighted by Gasteiger charge is -2.18. The van der Waals surface area contributed by atoms with Crippen LogP contribution in [0.3, 0.4) is 0 Å². The Labute approximate surface area is 334 Å². The summed E-state index contributed by atoms with van der Waals surface area (Å²) in [5, 5.41) is 22.5. The summed E-state index contributed by atoms with van der Waals surface area (Å²) in [7, 11) is 0. The fourth-order valence-corrected chi connectivity index (χ4v) is 5.93. The van der Waals surface area contributed by atoms with Crippen LogP contribution in [0.4, 0.5) is 0 Å². The molecule has 2 amide bonds. The number of carboxylic acid groups (broad SMARTS) is 1. The summed E-state index contributed by atoms with van der Waals surface area (Å²) in [6.07, 6.45) is 48.1. The number of aliphatic hydroxyl groups is 1. The molecule has 55 heavy (non-hydrogen) atoms. The lowest BCUT2D eigenvalue weighted by Crippen LogP contribution is -2.47. The van der Waals surface area contributed by atoms with Gasteiger partial charge in [0, 0.05) is 12.8 Å². The van der Waals surface area contributed by atoms with Gasteiger partial charge >= 0.3 is 11.9 Å². The molecule has 0 aromatic heterocycles. The third-order valence-corrected chi connectivity index (χ3v) is 9.25. The number of hydrogen-bond acceptors (Lipinski definition) is 6. The quantitative estimate of drug-likeness (QED) is 0.0278. The number of ether oxygens (including phenoxy) is 1. The van der Waals surface area contributed by atoms with Crippen molar-refractivity contribution in [2.45, 2.75) is 193 Å². The van der Waals surface area contributed by atoms with Crippen LogP contribution in [-0.2, 0) is 23.9 Å². The number of allylic oxidation sites excluding steroid dienone is 10. The van der Waals surface area contributed by atoms with E-state index in [1.807, 2.05) is 0 Å². The average molecular weight is 771 g/mol. The molecule has 2 unspecified atom stereocenters. The molecule has 0 bridgehead atoms. The third kappa shape index (κ3) is 37.2. The van der Waals surface area contributed by atoms with E-state index in [4.69, 9.17) is 14.9 Å². The predicted octanol–water partition coefficient (Wildman–Crippen LogP) is 10.5. The molecule has 0 aliphatic heterocycles. The summed E-state index contributed by atoms with van der Waals surface area (Å²) in [5.74, 6) is -2.34. The first-order valence-corrected chi connectivity index (χ1v) is 21.7. The molecule has 0 spiro atoms. The second kappa shape index (κ2) is 40.2. The summed E-state index contributed by atoms with van der Waals surface area (Å²) in [5.41, 5.74) is 0. The van der Waals surface area contributed by atoms with E-state index in [1.54, 1.807) is 0 Å². The first-order valence-electron chi connectivity index (χ1n) is 21.7. The fraction of sp³-hybridized carbons (Fsp3) is 0.696. The number of carboxylic acids is 1. The zero-order valence-electron chi connectivity index (χ0n) is 34.7. The summed E-state index contributed by atoms with van der Waals surface area (Å²) >= 11 is 0. The van der Waals surface area contributed by atoms with Gasteiger partial charge in [-0.2, -0.15) is 0 Å². The normalized spacial score (nSPS) is 13.1. The maximum atomic E-state index is 12.8. The van der Waals surface area contributed by atoms with Gasteiger partial charge in [0.1, 0.15) is 12.1 Å². The molecule has 0 aromatic carbocycles. The van der Waals surface area contributed by atoms with Gasteiger partial charge < -0.3 is 25.6 Å². The van der Waals surface area contributed by atoms with Crippen LogP contribution in [0, 0.1) is 0 Å². The molecular weight excluding hydrogens is 693 g/mol. The molecule has 9 nitrogen and oxygen atoms in total. The van der Waals surface area contributed by atoms with Crippen molar-refractivity contribution in [3.8, 4) is 0 Å². The molecule has 0 aromatic rings. The fourth-order valence-electron chi connectivity index (χ4n) is 5.93. The van der Waals surface area contributed by atoms with E-state index < -0.39 is 24.5 Å². The van der Waals surface area contributed by atoms with E-state index >= 15 is 0 Å². The molecule has 0 saturated carbocycles. The van der Waals surface area contributed by atoms with Crippen molar-refractivity contribution in [2.24, 2.45) is 0 Å². The number of amides is 2. The van der Waals surface area contributed by atoms with E-state index in [2.05, 4.69) is 85.2 Å². The van der Waals surface area contributed by atoms with Crippen LogP contribution < -0.4 is 10.6 Å². The standard InChI is InChI=1S/C46H78N2O7/c1-3-5-7-9-11-13-15-17-18-19-20-22-24-27-31-35-41(55-45(52)38-34-30-25-23-21-16-14-12-10-8-6-4-2)36-32-28-26-29-33-37-43(50)47-39-44(51)48-42(40-49)46(53)54/h5,7,11-14,17-18,20,22,41-42,49H,3-4,6,8-10,15-16,19,21,23-40H2,1-2H3,(H,47,50)(H,48,51)(H,53,54)/b7-5-,13-11-,14-12-,18-17-,22-20-. The monoisotopic (exact) mass is 771 g/mol. The Morgan fingerprint density at radius 3 is 1.62 bits per heavy atom. The highest BCUT2D eigenvalue weighted by molar-refractivity contribution is 5.87. The predicted molar refractivity (Wildman–Crippen MR) is 227 cm³/mol. The topological polar surface area (TPSA) is 142 Å². The van der Waals surface area contributed by atoms with Crippen molar-refractivity contribution in [1.82, 2.24) is 10.6 Å². The Morgan fingerprint density at radius 2 is 1.04 bits per heavy atom. The molecule has 4 N–H and O–H groups in total. The molecule has 314 valence electrons. The maximum Gasteiger partial charge on any atom is 0.328 e. The number of unbranched alkanes of at least 4 members (excludes halogenated alkanes) is 14. The van der Waals surface area contributed by atoms with Crippen molar-refractivity contribution in [2.75, 3.05) is 13.2 Å². The molecule has 0 saturated heterocycles. The molecule has 0 heterocycles. The van der Waals surface area contributed by atoms with Gasteiger partial charge in [-0.05, 0) is 103 Å². The van der Waals surface area contributed by atoms with Crippen LogP contribution in [0.15, 0.2) is 60.8 Å². The van der Waals surface area contributed by atoms with E-state index in [1.165, 1.54) is 38.5 Å². The van der Waals surface area contributed by atoms with E-state index in [0.717, 1.165) is 109 Å². The second-order valence-corrected chi connectivity index (χ2v) is 14.4. The Bertz CT molecular complexity index is 1110. The Morgan fingerprint density at radius 1 is 0.564 bits per heavy atom. The molecule has 0 aliphatic rings. The zero-order chi connectivity index (χ0) is 40.5. The summed E-state index contributed by atoms with van der Waals surface area (Å²) in [6, 6.07) is -1.39. The van der Waals surface area contributed by atoms with Crippen LogP contribution in [0.25, 0.3) is 0 Å². The molecule has 0 radical (unpaired) electrons. The van der Waals surface area contributed by atoms with Gasteiger partial charge in [-0.15, -0.1) is 0 Å². The number of aliphatic carboxylic acids is 1. The van der Waals surface area contributed by atoms with Crippen molar-refractivity contribution in [3.05, 3.63) is 60.8 Å². The minimum atomic E-state index is -1.39. The number of rotatable bonds is 38. The van der Waals surface area contributed by atoms with Crippen LogP contribution in [0.5, 0.6) is 0 Å². The van der Waals surface area contributed by atoms with Gasteiger partial charge in [0.15, 0.2) is 0 Å². The summed E-state index contributed by atoms with van der Waals surface area (Å²) in [4.78, 5) is 47.6. The first-order chi connectivity index (χ1) is 26.8. The minimum Gasteiger partial charge on any atom is -0.480 e. The third-order valence-electron chi connectivity index (χ3n) is 9.25. The van der Waals surface area contributed by atoms with Gasteiger partial charge in [-0.1, -0.05) is 126 Å². The zero-order valence-corrected chi connectivity index (χ0v) is 34.7. The van der Waals surface area contributed by atoms with E-state index in [-0.39, 0.29) is 30.9 Å². The SMILES string of the molecule is CC/C=C\C/C=C\C/C=C\C/C=C\CCCCC(CCCCCCCC(=O)NCC(=O)NC(CO)C(=O)O)OC(=O)CCCCCCC/C=C\CCCCC. The smallest absolute Gasteiger partial charge is 0.328 e. The van der Waals surface area contributed by atoms with Crippen molar-refractivity contribution < 1.29 is 34.1 Å². The first kappa shape index (κ1) is 51.5. The van der Waals surface area contributed by atoms with Crippen LogP contribution in [0.1, 0.15) is 181 Å². The number of aliphatic hydroxyl groups excluding tert-OH is 1. The highest BCUT2D eigenvalue weighted by atomic mass is 16.5. The van der Waals surface area contributed by atoms with Crippen LogP contribution in [0.2, 0.25) is 0 Å². The molecular formula is C46H78N2O7. The molecule has 0 aliphatic carbocycles. The van der Waals surface area contributed by atoms with Gasteiger partial charge in [-0.3, -0.25) is 14.4 Å². The average Bonchev–Trinajstić information content (AvgIpc) is 3.17. The number of carbonyl (C=O) groups excluding carboxylic acids is 3. The number of esters is 1. The summed E-state index contributed by atoms with van der Waals surface area (Å²) in [6.45, 7) is 3.33. The molecule has 0 fully saturated rings. The second-order valence-electron chi connectivity index (χ2n) is 14.4. The van der Waals surface area contributed by atoms with E-state index in [9.17, 15) is 19.2 Å². The lowest BCUT2D eigenvalue weighted by molar-refractivity contribution is -0.150. The minimum absolute atomic E-state index is 0.0578. The van der Waals surface area contributed by atoms with Gasteiger partial charge in [0.2, 0.25) is 11.8 Å². The van der Waals surface area contributed by atoms with Crippen molar-refractivity contribution in [3.63, 3.8) is 0 Å². The summed E-state index contributed by atoms with van der Waals surface area (Å²) < 4.78 is 6.00. The van der Waals surface area contributed by atoms with Gasteiger partial charge in [-0.25, -0.2) is 4.79 Å². The van der Waals surface area contributed by atoms with Gasteiger partial charge in [0.05, 0.1) is 13.2 Å².